The molecule has 1 aliphatic carbocycles. The molecule has 34 heavy (non-hydrogen) atoms. The van der Waals surface area contributed by atoms with Crippen molar-refractivity contribution in [1.29, 1.82) is 0 Å². The van der Waals surface area contributed by atoms with Crippen molar-refractivity contribution in [2.45, 2.75) is 25.4 Å². The lowest BCUT2D eigenvalue weighted by Gasteiger charge is -2.33. The summed E-state index contributed by atoms with van der Waals surface area (Å²) in [7, 11) is 2.13. The lowest BCUT2D eigenvalue weighted by atomic mass is 9.97. The molecule has 1 aromatic rings. The third kappa shape index (κ3) is 11.2. The Morgan fingerprint density at radius 3 is 2.09 bits per heavy atom. The van der Waals surface area contributed by atoms with Gasteiger partial charge >= 0.3 is 23.9 Å². The molecule has 5 N–H and O–H groups in total. The van der Waals surface area contributed by atoms with E-state index >= 15 is 0 Å². The Kier molecular flexibility index (Phi) is 12.7. The minimum Gasteiger partial charge on any atom is -0.473 e. The molecule has 0 amide bonds. The number of carboxylic acid groups (broad SMARTS) is 4. The number of carboxylic acids is 4. The molecule has 1 aromatic heterocycles. The number of fused-ring (bicyclic) bond motifs is 1. The van der Waals surface area contributed by atoms with Gasteiger partial charge in [-0.1, -0.05) is 5.16 Å². The number of thiophene rings is 1. The summed E-state index contributed by atoms with van der Waals surface area (Å²) < 4.78 is 0. The first-order chi connectivity index (χ1) is 16.0. The van der Waals surface area contributed by atoms with Crippen LogP contribution < -0.4 is 0 Å². The molecule has 0 spiro atoms. The normalized spacial score (nSPS) is 17.8. The molecule has 190 valence electrons. The molecular weight excluding hydrogens is 474 g/mol. The minimum atomic E-state index is -1.82. The summed E-state index contributed by atoms with van der Waals surface area (Å²) in [5, 5.41) is 46.1. The second kappa shape index (κ2) is 15.0. The third-order valence-corrected chi connectivity index (χ3v) is 5.73. The highest BCUT2D eigenvalue weighted by Crippen LogP contribution is 2.26. The predicted molar refractivity (Wildman–Crippen MR) is 120 cm³/mol. The minimum absolute atomic E-state index is 0.273. The van der Waals surface area contributed by atoms with Gasteiger partial charge in [0.15, 0.2) is 0 Å². The van der Waals surface area contributed by atoms with Gasteiger partial charge in [0.2, 0.25) is 0 Å². The third-order valence-electron chi connectivity index (χ3n) is 4.75. The number of aliphatic carboxylic acids is 4. The van der Waals surface area contributed by atoms with E-state index in [1.165, 1.54) is 10.4 Å². The Labute approximate surface area is 199 Å². The number of carbonyl (C=O) groups is 4. The van der Waals surface area contributed by atoms with Crippen molar-refractivity contribution in [1.82, 2.24) is 9.80 Å². The smallest absolute Gasteiger partial charge is 0.414 e. The quantitative estimate of drug-likeness (QED) is 0.261. The van der Waals surface area contributed by atoms with Crippen LogP contribution in [0.1, 0.15) is 23.3 Å². The summed E-state index contributed by atoms with van der Waals surface area (Å²) in [6, 6.07) is 2.13. The maximum absolute atomic E-state index is 10.1. The molecule has 1 aliphatic heterocycles. The zero-order valence-corrected chi connectivity index (χ0v) is 19.4. The molecule has 13 nitrogen and oxygen atoms in total. The first kappa shape index (κ1) is 29.0. The number of aliphatic hydroxyl groups excluding tert-OH is 1. The van der Waals surface area contributed by atoms with Crippen molar-refractivity contribution in [3.05, 3.63) is 21.9 Å². The van der Waals surface area contributed by atoms with E-state index in [9.17, 15) is 5.11 Å². The number of hydrogen-bond donors (Lipinski definition) is 5. The van der Waals surface area contributed by atoms with Crippen LogP contribution in [0.15, 0.2) is 16.6 Å². The molecule has 0 aromatic carbocycles. The maximum Gasteiger partial charge on any atom is 0.414 e. The largest absolute Gasteiger partial charge is 0.473 e. The van der Waals surface area contributed by atoms with E-state index in [0.717, 1.165) is 51.2 Å². The number of hydrogen-bond acceptors (Lipinski definition) is 10. The molecular formula is C20H29N3O10S. The van der Waals surface area contributed by atoms with E-state index in [2.05, 4.69) is 33.4 Å². The maximum atomic E-state index is 10.1. The second-order valence-corrected chi connectivity index (χ2v) is 8.42. The van der Waals surface area contributed by atoms with Gasteiger partial charge in [0.1, 0.15) is 12.7 Å². The second-order valence-electron chi connectivity index (χ2n) is 7.42. The van der Waals surface area contributed by atoms with Gasteiger partial charge in [0.25, 0.3) is 0 Å². The van der Waals surface area contributed by atoms with Crippen LogP contribution in [0, 0.1) is 0 Å². The van der Waals surface area contributed by atoms with Crippen molar-refractivity contribution >= 4 is 40.9 Å². The number of oxime groups is 1. The SMILES string of the molecule is CN1CCN(CC(O)CO/N=C2\CCCc3sccc32)CC1.O=C(O)C(=O)O.O=C(O)C(=O)O. The van der Waals surface area contributed by atoms with Crippen LogP contribution >= 0.6 is 11.3 Å². The van der Waals surface area contributed by atoms with Crippen molar-refractivity contribution in [2.75, 3.05) is 46.4 Å². The molecule has 0 bridgehead atoms. The van der Waals surface area contributed by atoms with Crippen LogP contribution in [0.3, 0.4) is 0 Å². The molecule has 1 atom stereocenters. The zero-order chi connectivity index (χ0) is 25.7. The summed E-state index contributed by atoms with van der Waals surface area (Å²) in [4.78, 5) is 47.8. The van der Waals surface area contributed by atoms with Crippen molar-refractivity contribution < 1.29 is 49.5 Å². The van der Waals surface area contributed by atoms with E-state index in [-0.39, 0.29) is 6.61 Å². The number of nitrogens with zero attached hydrogens (tertiary/aromatic N) is 3. The Bertz CT molecular complexity index is 817. The Morgan fingerprint density at radius 2 is 1.56 bits per heavy atom. The van der Waals surface area contributed by atoms with Gasteiger partial charge in [-0.2, -0.15) is 0 Å². The predicted octanol–water partition coefficient (Wildman–Crippen LogP) is -0.275. The molecule has 2 heterocycles. The van der Waals surface area contributed by atoms with Crippen LogP contribution in [0.25, 0.3) is 0 Å². The lowest BCUT2D eigenvalue weighted by molar-refractivity contribution is -0.159. The van der Waals surface area contributed by atoms with Gasteiger partial charge < -0.3 is 35.3 Å². The Balaban J connectivity index is 0.000000401. The highest BCUT2D eigenvalue weighted by atomic mass is 32.1. The first-order valence-electron chi connectivity index (χ1n) is 10.3. The standard InChI is InChI=1S/C16H25N3O2S.2C2H2O4/c1-18-6-8-19(9-7-18)11-13(20)12-21-17-15-3-2-4-16-14(15)5-10-22-16;2*3-1(4)2(5)6/h5,10,13,20H,2-4,6-9,11-12H2,1H3;2*(H,3,4)(H,5,6)/b17-15+;;. The number of likely N-dealkylation sites (N-methyl/N-ethyl adjacent to an activating group) is 1. The fourth-order valence-corrected chi connectivity index (χ4v) is 3.96. The van der Waals surface area contributed by atoms with E-state index < -0.39 is 30.0 Å². The number of rotatable bonds is 5. The van der Waals surface area contributed by atoms with E-state index in [1.54, 1.807) is 11.3 Å². The monoisotopic (exact) mass is 503 g/mol. The van der Waals surface area contributed by atoms with E-state index in [1.807, 2.05) is 0 Å². The van der Waals surface area contributed by atoms with Crippen LogP contribution in [-0.4, -0.2) is 117 Å². The van der Waals surface area contributed by atoms with Crippen LogP contribution in [0.2, 0.25) is 0 Å². The van der Waals surface area contributed by atoms with E-state index in [0.29, 0.717) is 6.54 Å². The van der Waals surface area contributed by atoms with Crippen LogP contribution in [-0.2, 0) is 30.4 Å². The molecule has 1 unspecified atom stereocenters. The van der Waals surface area contributed by atoms with Gasteiger partial charge in [-0.05, 0) is 37.8 Å². The fraction of sp³-hybridized carbons (Fsp3) is 0.550. The van der Waals surface area contributed by atoms with Crippen LogP contribution in [0.4, 0.5) is 0 Å². The van der Waals surface area contributed by atoms with Crippen molar-refractivity contribution in [3.63, 3.8) is 0 Å². The summed E-state index contributed by atoms with van der Waals surface area (Å²) >= 11 is 1.80. The molecule has 0 saturated carbocycles. The molecule has 1 saturated heterocycles. The summed E-state index contributed by atoms with van der Waals surface area (Å²) in [6.45, 7) is 5.10. The summed E-state index contributed by atoms with van der Waals surface area (Å²) in [6.07, 6.45) is 2.79. The Morgan fingerprint density at radius 1 is 1.00 bits per heavy atom. The highest BCUT2D eigenvalue weighted by molar-refractivity contribution is 7.10. The highest BCUT2D eigenvalue weighted by Gasteiger charge is 2.19. The lowest BCUT2D eigenvalue weighted by Crippen LogP contribution is -2.47. The van der Waals surface area contributed by atoms with Gasteiger partial charge in [0.05, 0.1) is 5.71 Å². The van der Waals surface area contributed by atoms with E-state index in [4.69, 9.17) is 44.4 Å². The summed E-state index contributed by atoms with van der Waals surface area (Å²) in [5.41, 5.74) is 2.28. The molecule has 3 rings (SSSR count). The van der Waals surface area contributed by atoms with Gasteiger partial charge in [-0.15, -0.1) is 11.3 Å². The number of aryl methyl sites for hydroxylation is 1. The average molecular weight is 504 g/mol. The number of β-amino-alcohol motifs (C(OH)–C–C–N with tert-alkyl or cyclic N) is 1. The summed E-state index contributed by atoms with van der Waals surface area (Å²) in [5.74, 6) is -7.30. The van der Waals surface area contributed by atoms with Crippen LogP contribution in [0.5, 0.6) is 0 Å². The molecule has 14 heteroatoms. The van der Waals surface area contributed by atoms with Crippen molar-refractivity contribution in [3.8, 4) is 0 Å². The van der Waals surface area contributed by atoms with Gasteiger partial charge in [0, 0.05) is 43.2 Å². The average Bonchev–Trinajstić information content (AvgIpc) is 3.26. The molecule has 2 aliphatic rings. The van der Waals surface area contributed by atoms with Gasteiger partial charge in [-0.25, -0.2) is 19.2 Å². The first-order valence-corrected chi connectivity index (χ1v) is 11.2. The number of aliphatic hydroxyl groups is 1. The van der Waals surface area contributed by atoms with Crippen molar-refractivity contribution in [2.24, 2.45) is 5.16 Å². The zero-order valence-electron chi connectivity index (χ0n) is 18.6. The topological polar surface area (TPSA) is 198 Å². The fourth-order valence-electron chi connectivity index (χ4n) is 3.02. The molecule has 0 radical (unpaired) electrons. The number of piperazine rings is 1. The van der Waals surface area contributed by atoms with Gasteiger partial charge in [-0.3, -0.25) is 4.90 Å². The Hall–Kier alpha value is -3.07. The molecule has 1 fully saturated rings.